The predicted molar refractivity (Wildman–Crippen MR) is 91.0 cm³/mol. The number of ether oxygens (including phenoxy) is 2. The highest BCUT2D eigenvalue weighted by Gasteiger charge is 2.46. The molecule has 24 heavy (non-hydrogen) atoms. The van der Waals surface area contributed by atoms with Gasteiger partial charge in [0.05, 0.1) is 18.4 Å². The summed E-state index contributed by atoms with van der Waals surface area (Å²) in [4.78, 5) is 19.7. The Morgan fingerprint density at radius 2 is 2.25 bits per heavy atom. The smallest absolute Gasteiger partial charge is 0.319 e. The summed E-state index contributed by atoms with van der Waals surface area (Å²) in [5.74, 6) is 1.32. The molecule has 1 atom stereocenters. The summed E-state index contributed by atoms with van der Waals surface area (Å²) in [5, 5.41) is 0. The van der Waals surface area contributed by atoms with Gasteiger partial charge in [-0.3, -0.25) is 4.98 Å². The molecule has 6 heteroatoms. The number of likely N-dealkylation sites (tertiary alicyclic amines) is 1. The Hall–Kier alpha value is -1.82. The zero-order valence-corrected chi connectivity index (χ0v) is 14.6. The van der Waals surface area contributed by atoms with Gasteiger partial charge in [-0.15, -0.1) is 0 Å². The fourth-order valence-electron chi connectivity index (χ4n) is 3.86. The maximum absolute atomic E-state index is 12.1. The lowest BCUT2D eigenvalue weighted by Crippen LogP contribution is -2.51. The summed E-state index contributed by atoms with van der Waals surface area (Å²) in [7, 11) is 3.61. The average Bonchev–Trinajstić information content (AvgIpc) is 2.98. The minimum Gasteiger partial charge on any atom is -0.492 e. The molecule has 0 aliphatic carbocycles. The monoisotopic (exact) mass is 333 g/mol. The quantitative estimate of drug-likeness (QED) is 0.849. The molecule has 0 radical (unpaired) electrons. The molecule has 2 aliphatic heterocycles. The van der Waals surface area contributed by atoms with Gasteiger partial charge in [-0.05, 0) is 43.7 Å². The van der Waals surface area contributed by atoms with Crippen LogP contribution in [0.5, 0.6) is 5.75 Å². The third-order valence-corrected chi connectivity index (χ3v) is 5.23. The third-order valence-electron chi connectivity index (χ3n) is 5.23. The van der Waals surface area contributed by atoms with Crippen LogP contribution in [-0.2, 0) is 4.74 Å². The second-order valence-electron chi connectivity index (χ2n) is 6.89. The number of aromatic nitrogens is 1. The number of hydrogen-bond acceptors (Lipinski definition) is 4. The van der Waals surface area contributed by atoms with Gasteiger partial charge in [0, 0.05) is 40.0 Å². The molecule has 0 aromatic carbocycles. The Balaban J connectivity index is 1.51. The highest BCUT2D eigenvalue weighted by atomic mass is 16.5. The average molecular weight is 333 g/mol. The van der Waals surface area contributed by atoms with E-state index in [-0.39, 0.29) is 11.6 Å². The highest BCUT2D eigenvalue weighted by Crippen LogP contribution is 2.42. The second kappa shape index (κ2) is 7.38. The van der Waals surface area contributed by atoms with Crippen molar-refractivity contribution in [1.82, 2.24) is 14.8 Å². The van der Waals surface area contributed by atoms with E-state index in [0.717, 1.165) is 51.1 Å². The normalized spacial score (nSPS) is 22.6. The van der Waals surface area contributed by atoms with Gasteiger partial charge in [-0.2, -0.15) is 0 Å². The van der Waals surface area contributed by atoms with Gasteiger partial charge < -0.3 is 19.3 Å². The molecule has 3 heterocycles. The summed E-state index contributed by atoms with van der Waals surface area (Å²) in [5.41, 5.74) is -0.0681. The van der Waals surface area contributed by atoms with Gasteiger partial charge in [0.2, 0.25) is 0 Å². The largest absolute Gasteiger partial charge is 0.492 e. The lowest BCUT2D eigenvalue weighted by Gasteiger charge is -2.42. The van der Waals surface area contributed by atoms with Crippen LogP contribution in [-0.4, -0.2) is 66.8 Å². The second-order valence-corrected chi connectivity index (χ2v) is 6.89. The van der Waals surface area contributed by atoms with E-state index in [9.17, 15) is 4.79 Å². The fraction of sp³-hybridized carbons (Fsp3) is 0.667. The fourth-order valence-corrected chi connectivity index (χ4v) is 3.86. The van der Waals surface area contributed by atoms with Crippen LogP contribution in [0, 0.1) is 5.92 Å². The van der Waals surface area contributed by atoms with Crippen molar-refractivity contribution in [1.29, 1.82) is 0 Å². The number of urea groups is 1. The lowest BCUT2D eigenvalue weighted by atomic mass is 9.78. The summed E-state index contributed by atoms with van der Waals surface area (Å²) >= 11 is 0. The van der Waals surface area contributed by atoms with Gasteiger partial charge in [0.1, 0.15) is 5.75 Å². The third kappa shape index (κ3) is 3.64. The maximum Gasteiger partial charge on any atom is 0.319 e. The summed E-state index contributed by atoms with van der Waals surface area (Å²) in [6.07, 6.45) is 7.39. The van der Waals surface area contributed by atoms with E-state index < -0.39 is 0 Å². The molecule has 6 nitrogen and oxygen atoms in total. The number of rotatable bonds is 4. The van der Waals surface area contributed by atoms with Crippen molar-refractivity contribution in [3.8, 4) is 5.75 Å². The summed E-state index contributed by atoms with van der Waals surface area (Å²) < 4.78 is 12.0. The summed E-state index contributed by atoms with van der Waals surface area (Å²) in [6, 6.07) is 3.91. The number of carbonyl (C=O) groups is 1. The molecule has 3 rings (SSSR count). The Morgan fingerprint density at radius 3 is 2.92 bits per heavy atom. The maximum atomic E-state index is 12.1. The molecule has 0 bridgehead atoms. The van der Waals surface area contributed by atoms with E-state index >= 15 is 0 Å². The number of nitrogens with zero attached hydrogens (tertiary/aromatic N) is 3. The van der Waals surface area contributed by atoms with E-state index in [0.29, 0.717) is 12.5 Å². The van der Waals surface area contributed by atoms with E-state index in [4.69, 9.17) is 9.47 Å². The molecule has 1 aromatic heterocycles. The molecule has 0 N–H and O–H groups in total. The molecule has 2 saturated heterocycles. The first-order valence-electron chi connectivity index (χ1n) is 8.74. The van der Waals surface area contributed by atoms with Crippen LogP contribution >= 0.6 is 0 Å². The Labute approximate surface area is 143 Å². The zero-order chi connectivity index (χ0) is 17.0. The first-order chi connectivity index (χ1) is 11.6. The van der Waals surface area contributed by atoms with E-state index in [1.54, 1.807) is 31.4 Å². The van der Waals surface area contributed by atoms with Gasteiger partial charge in [0.15, 0.2) is 0 Å². The SMILES string of the molecule is CN(C)C(=O)N1CCC2(CC1)OCCC2CCOc1cccnc1. The van der Waals surface area contributed by atoms with Crippen LogP contribution in [0.1, 0.15) is 25.7 Å². The van der Waals surface area contributed by atoms with Gasteiger partial charge in [-0.1, -0.05) is 0 Å². The molecule has 132 valence electrons. The number of pyridine rings is 1. The number of amides is 2. The van der Waals surface area contributed by atoms with Gasteiger partial charge >= 0.3 is 6.03 Å². The number of hydrogen-bond donors (Lipinski definition) is 0. The molecular formula is C18H27N3O3. The van der Waals surface area contributed by atoms with E-state index in [1.807, 2.05) is 17.0 Å². The Morgan fingerprint density at radius 1 is 1.46 bits per heavy atom. The molecule has 1 aromatic rings. The minimum absolute atomic E-state index is 0.0681. The topological polar surface area (TPSA) is 54.9 Å². The van der Waals surface area contributed by atoms with Crippen LogP contribution in [0.15, 0.2) is 24.5 Å². The van der Waals surface area contributed by atoms with Crippen molar-refractivity contribution < 1.29 is 14.3 Å². The van der Waals surface area contributed by atoms with Gasteiger partial charge in [0.25, 0.3) is 0 Å². The van der Waals surface area contributed by atoms with Gasteiger partial charge in [-0.25, -0.2) is 4.79 Å². The van der Waals surface area contributed by atoms with Crippen molar-refractivity contribution >= 4 is 6.03 Å². The highest BCUT2D eigenvalue weighted by molar-refractivity contribution is 5.73. The van der Waals surface area contributed by atoms with Crippen LogP contribution in [0.2, 0.25) is 0 Å². The van der Waals surface area contributed by atoms with Crippen molar-refractivity contribution in [3.05, 3.63) is 24.5 Å². The molecule has 1 spiro atoms. The number of piperidine rings is 1. The number of carbonyl (C=O) groups excluding carboxylic acids is 1. The minimum atomic E-state index is -0.0681. The predicted octanol–water partition coefficient (Wildman–Crippen LogP) is 2.40. The van der Waals surface area contributed by atoms with Crippen LogP contribution in [0.25, 0.3) is 0 Å². The van der Waals surface area contributed by atoms with Crippen LogP contribution in [0.3, 0.4) is 0 Å². The van der Waals surface area contributed by atoms with Crippen molar-refractivity contribution in [2.45, 2.75) is 31.3 Å². The summed E-state index contributed by atoms with van der Waals surface area (Å²) in [6.45, 7) is 3.05. The molecule has 0 saturated carbocycles. The van der Waals surface area contributed by atoms with Crippen molar-refractivity contribution in [2.24, 2.45) is 5.92 Å². The zero-order valence-electron chi connectivity index (χ0n) is 14.6. The van der Waals surface area contributed by atoms with Crippen LogP contribution < -0.4 is 4.74 Å². The van der Waals surface area contributed by atoms with Crippen molar-refractivity contribution in [3.63, 3.8) is 0 Å². The Kier molecular flexibility index (Phi) is 5.23. The lowest BCUT2D eigenvalue weighted by molar-refractivity contribution is -0.0643. The first kappa shape index (κ1) is 17.0. The van der Waals surface area contributed by atoms with Crippen LogP contribution in [0.4, 0.5) is 4.79 Å². The standard InChI is InChI=1S/C18H27N3O3/c1-20(2)17(22)21-10-7-18(8-11-21)15(6-13-24-18)5-12-23-16-4-3-9-19-14-16/h3-4,9,14-15H,5-8,10-13H2,1-2H3. The van der Waals surface area contributed by atoms with E-state index in [2.05, 4.69) is 4.98 Å². The first-order valence-corrected chi connectivity index (χ1v) is 8.74. The molecular weight excluding hydrogens is 306 g/mol. The molecule has 2 fully saturated rings. The van der Waals surface area contributed by atoms with Crippen molar-refractivity contribution in [2.75, 3.05) is 40.4 Å². The molecule has 1 unspecified atom stereocenters. The molecule has 2 amide bonds. The Bertz CT molecular complexity index is 542. The molecule has 2 aliphatic rings. The van der Waals surface area contributed by atoms with E-state index in [1.165, 1.54) is 0 Å².